The number of imidazole rings is 1. The summed E-state index contributed by atoms with van der Waals surface area (Å²) in [5, 5.41) is 4.06. The highest BCUT2D eigenvalue weighted by molar-refractivity contribution is 7.99. The first-order valence-electron chi connectivity index (χ1n) is 8.78. The molecule has 1 saturated carbocycles. The minimum Gasteiger partial charge on any atom is -0.355 e. The molecule has 5 heteroatoms. The van der Waals surface area contributed by atoms with E-state index in [9.17, 15) is 4.79 Å². The van der Waals surface area contributed by atoms with Gasteiger partial charge in [-0.1, -0.05) is 23.4 Å². The van der Waals surface area contributed by atoms with Crippen molar-refractivity contribution in [2.24, 2.45) is 0 Å². The Kier molecular flexibility index (Phi) is 5.46. The highest BCUT2D eigenvalue weighted by Crippen LogP contribution is 2.39. The van der Waals surface area contributed by atoms with Gasteiger partial charge < -0.3 is 9.88 Å². The number of rotatable bonds is 7. The van der Waals surface area contributed by atoms with Gasteiger partial charge in [0.1, 0.15) is 0 Å². The van der Waals surface area contributed by atoms with E-state index in [2.05, 4.69) is 34.8 Å². The molecule has 1 fully saturated rings. The van der Waals surface area contributed by atoms with Crippen LogP contribution in [0.15, 0.2) is 16.8 Å². The number of amides is 1. The molecule has 0 aliphatic heterocycles. The highest BCUT2D eigenvalue weighted by Gasteiger charge is 2.28. The quantitative estimate of drug-likeness (QED) is 0.607. The number of hydrogen-bond donors (Lipinski definition) is 1. The van der Waals surface area contributed by atoms with E-state index in [0.29, 0.717) is 11.8 Å². The van der Waals surface area contributed by atoms with Gasteiger partial charge in [-0.3, -0.25) is 4.79 Å². The number of carbonyl (C=O) groups is 1. The largest absolute Gasteiger partial charge is 0.355 e. The van der Waals surface area contributed by atoms with Crippen LogP contribution in [-0.2, 0) is 4.79 Å². The summed E-state index contributed by atoms with van der Waals surface area (Å²) in [6.45, 7) is 4.94. The SMILES string of the molecule is Cc1nc(SCC(=O)NCCC2=CCCCC2)n(C2CC2)c1C. The molecule has 2 aliphatic carbocycles. The van der Waals surface area contributed by atoms with Gasteiger partial charge in [-0.2, -0.15) is 0 Å². The molecule has 1 N–H and O–H groups in total. The van der Waals surface area contributed by atoms with Crippen LogP contribution in [0.3, 0.4) is 0 Å². The second-order valence-corrected chi connectivity index (χ2v) is 7.61. The zero-order chi connectivity index (χ0) is 16.2. The van der Waals surface area contributed by atoms with Gasteiger partial charge in [-0.15, -0.1) is 0 Å². The molecule has 0 atom stereocenters. The Morgan fingerprint density at radius 2 is 2.22 bits per heavy atom. The Bertz CT molecular complexity index is 602. The van der Waals surface area contributed by atoms with E-state index in [-0.39, 0.29) is 5.91 Å². The predicted molar refractivity (Wildman–Crippen MR) is 94.9 cm³/mol. The zero-order valence-electron chi connectivity index (χ0n) is 14.2. The molecule has 0 saturated heterocycles. The third-order valence-corrected chi connectivity index (χ3v) is 5.70. The fraction of sp³-hybridized carbons (Fsp3) is 0.667. The summed E-state index contributed by atoms with van der Waals surface area (Å²) in [5.41, 5.74) is 3.85. The maximum Gasteiger partial charge on any atom is 0.230 e. The van der Waals surface area contributed by atoms with Gasteiger partial charge in [0, 0.05) is 18.3 Å². The van der Waals surface area contributed by atoms with Crippen LogP contribution in [0.4, 0.5) is 0 Å². The zero-order valence-corrected chi connectivity index (χ0v) is 15.0. The van der Waals surface area contributed by atoms with Crippen molar-refractivity contribution in [1.82, 2.24) is 14.9 Å². The van der Waals surface area contributed by atoms with E-state index in [1.54, 1.807) is 11.8 Å². The first-order valence-corrected chi connectivity index (χ1v) is 9.76. The molecule has 0 spiro atoms. The van der Waals surface area contributed by atoms with Crippen LogP contribution < -0.4 is 5.32 Å². The van der Waals surface area contributed by atoms with Crippen LogP contribution in [0.1, 0.15) is 62.4 Å². The van der Waals surface area contributed by atoms with Crippen molar-refractivity contribution in [2.45, 2.75) is 70.0 Å². The predicted octanol–water partition coefficient (Wildman–Crippen LogP) is 3.93. The van der Waals surface area contributed by atoms with E-state index in [0.717, 1.165) is 23.8 Å². The fourth-order valence-corrected chi connectivity index (χ4v) is 4.12. The van der Waals surface area contributed by atoms with E-state index < -0.39 is 0 Å². The second kappa shape index (κ2) is 7.56. The van der Waals surface area contributed by atoms with Crippen LogP contribution in [0.5, 0.6) is 0 Å². The van der Waals surface area contributed by atoms with E-state index in [1.165, 1.54) is 49.8 Å². The van der Waals surface area contributed by atoms with Crippen molar-refractivity contribution in [2.75, 3.05) is 12.3 Å². The van der Waals surface area contributed by atoms with Crippen LogP contribution in [0.2, 0.25) is 0 Å². The number of allylic oxidation sites excluding steroid dienone is 1. The fourth-order valence-electron chi connectivity index (χ4n) is 3.14. The molecule has 3 rings (SSSR count). The maximum atomic E-state index is 12.1. The van der Waals surface area contributed by atoms with Crippen LogP contribution in [0, 0.1) is 13.8 Å². The molecule has 1 aromatic rings. The van der Waals surface area contributed by atoms with Crippen molar-refractivity contribution in [1.29, 1.82) is 0 Å². The van der Waals surface area contributed by atoms with E-state index in [4.69, 9.17) is 0 Å². The third kappa shape index (κ3) is 4.40. The summed E-state index contributed by atoms with van der Waals surface area (Å²) in [5.74, 6) is 0.578. The minimum atomic E-state index is 0.118. The van der Waals surface area contributed by atoms with Gasteiger partial charge in [0.2, 0.25) is 5.91 Å². The normalized spacial score (nSPS) is 17.9. The standard InChI is InChI=1S/C18H27N3OS/c1-13-14(2)21(16-8-9-16)18(20-13)23-12-17(22)19-11-10-15-6-4-3-5-7-15/h6,16H,3-5,7-12H2,1-2H3,(H,19,22). The van der Waals surface area contributed by atoms with Crippen molar-refractivity contribution in [3.63, 3.8) is 0 Å². The summed E-state index contributed by atoms with van der Waals surface area (Å²) < 4.78 is 2.32. The van der Waals surface area contributed by atoms with Gasteiger partial charge in [-0.25, -0.2) is 4.98 Å². The average Bonchev–Trinajstić information content (AvgIpc) is 3.34. The van der Waals surface area contributed by atoms with Crippen LogP contribution in [0.25, 0.3) is 0 Å². The maximum absolute atomic E-state index is 12.1. The van der Waals surface area contributed by atoms with Gasteiger partial charge in [-0.05, 0) is 58.8 Å². The number of hydrogen-bond acceptors (Lipinski definition) is 3. The van der Waals surface area contributed by atoms with Gasteiger partial charge >= 0.3 is 0 Å². The molecule has 126 valence electrons. The molecular formula is C18H27N3OS. The smallest absolute Gasteiger partial charge is 0.230 e. The van der Waals surface area contributed by atoms with Crippen molar-refractivity contribution in [3.05, 3.63) is 23.0 Å². The lowest BCUT2D eigenvalue weighted by atomic mass is 9.97. The first-order chi connectivity index (χ1) is 11.1. The van der Waals surface area contributed by atoms with Crippen molar-refractivity contribution < 1.29 is 4.79 Å². The summed E-state index contributed by atoms with van der Waals surface area (Å²) in [6, 6.07) is 0.611. The Morgan fingerprint density at radius 3 is 2.91 bits per heavy atom. The lowest BCUT2D eigenvalue weighted by Gasteiger charge is -2.13. The van der Waals surface area contributed by atoms with E-state index in [1.807, 2.05) is 0 Å². The molecule has 1 amide bonds. The molecule has 1 heterocycles. The summed E-state index contributed by atoms with van der Waals surface area (Å²) >= 11 is 1.57. The molecule has 1 aromatic heterocycles. The third-order valence-electron chi connectivity index (χ3n) is 4.75. The van der Waals surface area contributed by atoms with Crippen LogP contribution >= 0.6 is 11.8 Å². The summed E-state index contributed by atoms with van der Waals surface area (Å²) in [4.78, 5) is 16.7. The van der Waals surface area contributed by atoms with Gasteiger partial charge in [0.25, 0.3) is 0 Å². The van der Waals surface area contributed by atoms with Crippen molar-refractivity contribution in [3.8, 4) is 0 Å². The van der Waals surface area contributed by atoms with Crippen molar-refractivity contribution >= 4 is 17.7 Å². The molecule has 4 nitrogen and oxygen atoms in total. The monoisotopic (exact) mass is 333 g/mol. The topological polar surface area (TPSA) is 46.9 Å². The molecule has 23 heavy (non-hydrogen) atoms. The average molecular weight is 334 g/mol. The summed E-state index contributed by atoms with van der Waals surface area (Å²) in [6.07, 6.45) is 10.9. The minimum absolute atomic E-state index is 0.118. The first kappa shape index (κ1) is 16.6. The molecule has 0 aromatic carbocycles. The van der Waals surface area contributed by atoms with Gasteiger partial charge in [0.05, 0.1) is 11.4 Å². The Balaban J connectivity index is 1.44. The number of carbonyl (C=O) groups excluding carboxylic acids is 1. The lowest BCUT2D eigenvalue weighted by molar-refractivity contribution is -0.118. The molecule has 0 bridgehead atoms. The molecule has 0 unspecified atom stereocenters. The number of thioether (sulfide) groups is 1. The molecule has 0 radical (unpaired) electrons. The Morgan fingerprint density at radius 1 is 1.39 bits per heavy atom. The second-order valence-electron chi connectivity index (χ2n) is 6.66. The molecule has 2 aliphatic rings. The van der Waals surface area contributed by atoms with Crippen LogP contribution in [-0.4, -0.2) is 27.8 Å². The van der Waals surface area contributed by atoms with Gasteiger partial charge in [0.15, 0.2) is 5.16 Å². The molecular weight excluding hydrogens is 306 g/mol. The Hall–Kier alpha value is -1.23. The Labute approximate surface area is 143 Å². The number of aromatic nitrogens is 2. The van der Waals surface area contributed by atoms with E-state index >= 15 is 0 Å². The number of nitrogens with one attached hydrogen (secondary N) is 1. The number of aryl methyl sites for hydroxylation is 1. The summed E-state index contributed by atoms with van der Waals surface area (Å²) in [7, 11) is 0. The number of nitrogens with zero attached hydrogens (tertiary/aromatic N) is 2. The highest BCUT2D eigenvalue weighted by atomic mass is 32.2. The lowest BCUT2D eigenvalue weighted by Crippen LogP contribution is -2.26.